The van der Waals surface area contributed by atoms with E-state index in [1.165, 1.54) is 12.1 Å². The fourth-order valence-electron chi connectivity index (χ4n) is 3.25. The van der Waals surface area contributed by atoms with Gasteiger partial charge in [0.25, 0.3) is 0 Å². The summed E-state index contributed by atoms with van der Waals surface area (Å²) in [6, 6.07) is 8.98. The lowest BCUT2D eigenvalue weighted by atomic mass is 9.96. The number of hydrogen-bond acceptors (Lipinski definition) is 6. The van der Waals surface area contributed by atoms with E-state index in [0.717, 1.165) is 12.1 Å². The van der Waals surface area contributed by atoms with E-state index >= 15 is 0 Å². The highest BCUT2D eigenvalue weighted by atomic mass is 19.1. The molecule has 1 unspecified atom stereocenters. The zero-order valence-electron chi connectivity index (χ0n) is 18.1. The van der Waals surface area contributed by atoms with Crippen LogP contribution in [0.3, 0.4) is 0 Å². The molecule has 1 aromatic carbocycles. The van der Waals surface area contributed by atoms with E-state index in [9.17, 15) is 13.9 Å². The van der Waals surface area contributed by atoms with Crippen molar-refractivity contribution in [3.05, 3.63) is 82.5 Å². The summed E-state index contributed by atoms with van der Waals surface area (Å²) < 4.78 is 28.2. The summed E-state index contributed by atoms with van der Waals surface area (Å²) in [6.45, 7) is 5.34. The third-order valence-electron chi connectivity index (χ3n) is 5.14. The first kappa shape index (κ1) is 23.1. The molecule has 0 fully saturated rings. The fraction of sp³-hybridized carbons (Fsp3) is 0.261. The standard InChI is InChI=1S/C23H26F2N6O/c1-4-14(11-17(26)20-15(24)7-5-8-16(20)25)21(27)12(2)18-9-6-10-19(28-18)23-29-22(13(3)32)30-31-23/h5-13,32H,4,26-27H2,1-3H3,(H,29,30,31)/b17-11-,21-14-/t12?,13-/m1/s1. The third kappa shape index (κ3) is 4.83. The van der Waals surface area contributed by atoms with Crippen LogP contribution in [0.5, 0.6) is 0 Å². The molecule has 9 heteroatoms. The molecule has 0 aliphatic rings. The highest BCUT2D eigenvalue weighted by molar-refractivity contribution is 5.66. The van der Waals surface area contributed by atoms with Crippen molar-refractivity contribution in [1.29, 1.82) is 0 Å². The van der Waals surface area contributed by atoms with Gasteiger partial charge >= 0.3 is 0 Å². The Kier molecular flexibility index (Phi) is 6.99. The summed E-state index contributed by atoms with van der Waals surface area (Å²) in [7, 11) is 0. The molecule has 2 aromatic heterocycles. The van der Waals surface area contributed by atoms with E-state index in [2.05, 4.69) is 20.2 Å². The molecule has 0 saturated heterocycles. The topological polar surface area (TPSA) is 127 Å². The van der Waals surface area contributed by atoms with E-state index < -0.39 is 17.7 Å². The molecule has 6 N–H and O–H groups in total. The van der Waals surface area contributed by atoms with Crippen LogP contribution in [-0.2, 0) is 0 Å². The van der Waals surface area contributed by atoms with E-state index in [4.69, 9.17) is 11.5 Å². The molecule has 0 saturated carbocycles. The number of nitrogens with zero attached hydrogens (tertiary/aromatic N) is 3. The van der Waals surface area contributed by atoms with E-state index in [-0.39, 0.29) is 17.2 Å². The summed E-state index contributed by atoms with van der Waals surface area (Å²) >= 11 is 0. The SMILES string of the molecule is CCC(/C=C(\N)c1c(F)cccc1F)=C(/N)C(C)c1cccc(-c2n[nH]c([C@@H](C)O)n2)n1. The van der Waals surface area contributed by atoms with Gasteiger partial charge in [-0.2, -0.15) is 5.10 Å². The Morgan fingerprint density at radius 2 is 1.75 bits per heavy atom. The van der Waals surface area contributed by atoms with Crippen molar-refractivity contribution in [2.24, 2.45) is 11.5 Å². The smallest absolute Gasteiger partial charge is 0.199 e. The Morgan fingerprint density at radius 3 is 2.34 bits per heavy atom. The average molecular weight is 440 g/mol. The Morgan fingerprint density at radius 1 is 1.09 bits per heavy atom. The van der Waals surface area contributed by atoms with E-state index in [0.29, 0.717) is 40.7 Å². The molecule has 2 heterocycles. The molecule has 168 valence electrons. The maximum atomic E-state index is 14.1. The van der Waals surface area contributed by atoms with Gasteiger partial charge in [-0.15, -0.1) is 0 Å². The van der Waals surface area contributed by atoms with Crippen LogP contribution >= 0.6 is 0 Å². The monoisotopic (exact) mass is 440 g/mol. The van der Waals surface area contributed by atoms with Crippen LogP contribution in [0.15, 0.2) is 53.7 Å². The summed E-state index contributed by atoms with van der Waals surface area (Å²) in [5.41, 5.74) is 14.4. The van der Waals surface area contributed by atoms with Crippen molar-refractivity contribution in [3.63, 3.8) is 0 Å². The van der Waals surface area contributed by atoms with E-state index in [1.54, 1.807) is 13.0 Å². The van der Waals surface area contributed by atoms with Gasteiger partial charge in [0.1, 0.15) is 23.4 Å². The predicted octanol–water partition coefficient (Wildman–Crippen LogP) is 3.92. The average Bonchev–Trinajstić information content (AvgIpc) is 3.27. The van der Waals surface area contributed by atoms with Gasteiger partial charge in [0.2, 0.25) is 0 Å². The zero-order chi connectivity index (χ0) is 23.4. The van der Waals surface area contributed by atoms with Crippen molar-refractivity contribution in [2.75, 3.05) is 0 Å². The highest BCUT2D eigenvalue weighted by Crippen LogP contribution is 2.27. The number of nitrogens with two attached hydrogens (primary N) is 2. The number of benzene rings is 1. The van der Waals surface area contributed by atoms with Gasteiger partial charge < -0.3 is 16.6 Å². The Hall–Kier alpha value is -3.59. The first-order valence-electron chi connectivity index (χ1n) is 10.2. The van der Waals surface area contributed by atoms with Crippen molar-refractivity contribution in [1.82, 2.24) is 20.2 Å². The number of nitrogens with one attached hydrogen (secondary N) is 1. The van der Waals surface area contributed by atoms with Crippen LogP contribution in [0.25, 0.3) is 17.2 Å². The number of aliphatic hydroxyl groups excluding tert-OH is 1. The van der Waals surface area contributed by atoms with Crippen LogP contribution in [0.1, 0.15) is 56.3 Å². The van der Waals surface area contributed by atoms with Gasteiger partial charge in [0.15, 0.2) is 11.6 Å². The van der Waals surface area contributed by atoms with Crippen LogP contribution < -0.4 is 11.5 Å². The maximum Gasteiger partial charge on any atom is 0.199 e. The minimum Gasteiger partial charge on any atom is -0.401 e. The van der Waals surface area contributed by atoms with Gasteiger partial charge in [-0.3, -0.25) is 5.10 Å². The second-order valence-electron chi connectivity index (χ2n) is 7.42. The first-order chi connectivity index (χ1) is 15.2. The number of aromatic amines is 1. The summed E-state index contributed by atoms with van der Waals surface area (Å²) in [5, 5.41) is 16.4. The summed E-state index contributed by atoms with van der Waals surface area (Å²) in [5.74, 6) is -1.09. The highest BCUT2D eigenvalue weighted by Gasteiger charge is 2.17. The number of H-pyrrole nitrogens is 1. The molecule has 3 aromatic rings. The van der Waals surface area contributed by atoms with Gasteiger partial charge in [0.05, 0.1) is 5.56 Å². The van der Waals surface area contributed by atoms with Crippen molar-refractivity contribution in [3.8, 4) is 11.5 Å². The minimum absolute atomic E-state index is 0.0410. The number of halogens is 2. The van der Waals surface area contributed by atoms with Crippen LogP contribution in [0, 0.1) is 11.6 Å². The fourth-order valence-corrected chi connectivity index (χ4v) is 3.25. The number of pyridine rings is 1. The zero-order valence-corrected chi connectivity index (χ0v) is 18.1. The van der Waals surface area contributed by atoms with Crippen molar-refractivity contribution < 1.29 is 13.9 Å². The lowest BCUT2D eigenvalue weighted by Gasteiger charge is -2.16. The molecular weight excluding hydrogens is 414 g/mol. The van der Waals surface area contributed by atoms with Crippen LogP contribution in [0.2, 0.25) is 0 Å². The molecular formula is C23H26F2N6O. The molecule has 0 spiro atoms. The van der Waals surface area contributed by atoms with Crippen LogP contribution in [0.4, 0.5) is 8.78 Å². The molecule has 0 aliphatic heterocycles. The molecule has 2 atom stereocenters. The predicted molar refractivity (Wildman–Crippen MR) is 119 cm³/mol. The normalized spacial score (nSPS) is 14.8. The molecule has 0 bridgehead atoms. The molecule has 3 rings (SSSR count). The molecule has 0 amide bonds. The quantitative estimate of drug-likeness (QED) is 0.413. The Balaban J connectivity index is 1.95. The number of aromatic nitrogens is 4. The second kappa shape index (κ2) is 9.69. The number of rotatable bonds is 7. The molecule has 7 nitrogen and oxygen atoms in total. The lowest BCUT2D eigenvalue weighted by molar-refractivity contribution is 0.189. The number of allylic oxidation sites excluding steroid dienone is 3. The summed E-state index contributed by atoms with van der Waals surface area (Å²) in [6.07, 6.45) is 1.23. The van der Waals surface area contributed by atoms with E-state index in [1.807, 2.05) is 26.0 Å². The maximum absolute atomic E-state index is 14.1. The molecule has 32 heavy (non-hydrogen) atoms. The number of aliphatic hydroxyl groups is 1. The van der Waals surface area contributed by atoms with Gasteiger partial charge in [-0.25, -0.2) is 18.7 Å². The van der Waals surface area contributed by atoms with Gasteiger partial charge in [-0.05, 0) is 49.3 Å². The van der Waals surface area contributed by atoms with Crippen molar-refractivity contribution >= 4 is 5.70 Å². The Labute approximate surface area is 184 Å². The largest absolute Gasteiger partial charge is 0.401 e. The minimum atomic E-state index is -0.777. The van der Waals surface area contributed by atoms with Gasteiger partial charge in [-0.1, -0.05) is 26.0 Å². The third-order valence-corrected chi connectivity index (χ3v) is 5.14. The van der Waals surface area contributed by atoms with Crippen molar-refractivity contribution in [2.45, 2.75) is 39.2 Å². The van der Waals surface area contributed by atoms with Crippen LogP contribution in [-0.4, -0.2) is 25.3 Å². The second-order valence-corrected chi connectivity index (χ2v) is 7.42. The number of hydrogen-bond donors (Lipinski definition) is 4. The lowest BCUT2D eigenvalue weighted by Crippen LogP contribution is -2.13. The van der Waals surface area contributed by atoms with Gasteiger partial charge in [0, 0.05) is 23.0 Å². The first-order valence-corrected chi connectivity index (χ1v) is 10.2. The molecule has 0 radical (unpaired) electrons. The Bertz CT molecular complexity index is 1150. The molecule has 0 aliphatic carbocycles. The summed E-state index contributed by atoms with van der Waals surface area (Å²) in [4.78, 5) is 8.85.